The number of anilines is 2. The summed E-state index contributed by atoms with van der Waals surface area (Å²) in [6.07, 6.45) is 8.08. The van der Waals surface area contributed by atoms with Crippen molar-refractivity contribution in [1.29, 1.82) is 0 Å². The highest BCUT2D eigenvalue weighted by Gasteiger charge is 2.40. The van der Waals surface area contributed by atoms with Crippen LogP contribution in [0.1, 0.15) is 95.7 Å². The maximum atomic E-state index is 13.6. The fraction of sp³-hybridized carbons (Fsp3) is 0.488. The molecular formula is C41H47N5O6. The molecule has 4 heterocycles. The topological polar surface area (TPSA) is 120 Å². The highest BCUT2D eigenvalue weighted by Crippen LogP contribution is 2.38. The van der Waals surface area contributed by atoms with E-state index in [9.17, 15) is 24.0 Å². The minimum atomic E-state index is -0.271. The Labute approximate surface area is 304 Å². The summed E-state index contributed by atoms with van der Waals surface area (Å²) in [6, 6.07) is 15.2. The smallest absolute Gasteiger partial charge is 0.261 e. The number of nitrogens with zero attached hydrogens (tertiary/aromatic N) is 4. The molecule has 0 bridgehead atoms. The molecule has 3 aromatic carbocycles. The summed E-state index contributed by atoms with van der Waals surface area (Å²) in [7, 11) is 0. The summed E-state index contributed by atoms with van der Waals surface area (Å²) in [5.41, 5.74) is 4.96. The summed E-state index contributed by atoms with van der Waals surface area (Å²) < 4.78 is 5.52. The van der Waals surface area contributed by atoms with Gasteiger partial charge in [-0.25, -0.2) is 0 Å². The van der Waals surface area contributed by atoms with Crippen LogP contribution in [0.3, 0.4) is 0 Å². The second-order valence-corrected chi connectivity index (χ2v) is 14.9. The van der Waals surface area contributed by atoms with Gasteiger partial charge in [0.2, 0.25) is 17.7 Å². The Balaban J connectivity index is 0.853. The van der Waals surface area contributed by atoms with Crippen LogP contribution in [0.25, 0.3) is 10.8 Å². The summed E-state index contributed by atoms with van der Waals surface area (Å²) in [6.45, 7) is 4.40. The molecule has 0 spiro atoms. The van der Waals surface area contributed by atoms with Gasteiger partial charge in [0.25, 0.3) is 11.8 Å². The van der Waals surface area contributed by atoms with Crippen LogP contribution in [0.5, 0.6) is 0 Å². The Morgan fingerprint density at radius 1 is 0.846 bits per heavy atom. The number of hydrogen-bond donors (Lipinski definition) is 1. The number of unbranched alkanes of at least 4 members (excludes halogenated alkanes) is 2. The fourth-order valence-corrected chi connectivity index (χ4v) is 8.94. The number of benzene rings is 3. The third-order valence-corrected chi connectivity index (χ3v) is 11.7. The number of piperazine rings is 1. The van der Waals surface area contributed by atoms with E-state index in [4.69, 9.17) is 4.74 Å². The average molecular weight is 706 g/mol. The van der Waals surface area contributed by atoms with Crippen LogP contribution in [-0.2, 0) is 25.5 Å². The van der Waals surface area contributed by atoms with E-state index in [2.05, 4.69) is 10.2 Å². The molecule has 5 aliphatic rings. The van der Waals surface area contributed by atoms with E-state index in [1.165, 1.54) is 11.3 Å². The molecule has 3 fully saturated rings. The maximum absolute atomic E-state index is 13.6. The standard InChI is InChI=1S/C41H47N5O6/c47-36(42-29-14-13-27-17-19-45-35(33(27)24-29)25-44(26-37(45)48)39(49)28-8-3-1-4-9-28)12-5-2-6-18-46-40(50)31-11-7-10-30-34(43-20-22-52-23-21-43)16-15-32(38(30)31)41(46)51/h7,10-11,13-16,24,28,35H,1-6,8-9,12,17-23,25-26H2,(H,42,47). The highest BCUT2D eigenvalue weighted by atomic mass is 16.5. The number of amides is 5. The quantitative estimate of drug-likeness (QED) is 0.237. The van der Waals surface area contributed by atoms with E-state index >= 15 is 0 Å². The molecule has 1 saturated carbocycles. The highest BCUT2D eigenvalue weighted by molar-refractivity contribution is 6.26. The third-order valence-electron chi connectivity index (χ3n) is 11.7. The first-order valence-electron chi connectivity index (χ1n) is 19.1. The molecule has 1 atom stereocenters. The zero-order valence-corrected chi connectivity index (χ0v) is 29.7. The van der Waals surface area contributed by atoms with Gasteiger partial charge in [-0.05, 0) is 73.6 Å². The van der Waals surface area contributed by atoms with Crippen molar-refractivity contribution in [2.75, 3.05) is 62.7 Å². The average Bonchev–Trinajstić information content (AvgIpc) is 3.18. The normalized spacial score (nSPS) is 20.6. The summed E-state index contributed by atoms with van der Waals surface area (Å²) >= 11 is 0. The van der Waals surface area contributed by atoms with E-state index in [-0.39, 0.29) is 48.0 Å². The molecular weight excluding hydrogens is 658 g/mol. The first kappa shape index (κ1) is 34.3. The van der Waals surface area contributed by atoms with Gasteiger partial charge in [0.05, 0.1) is 25.8 Å². The number of hydrogen-bond acceptors (Lipinski definition) is 7. The van der Waals surface area contributed by atoms with Gasteiger partial charge in [-0.3, -0.25) is 28.9 Å². The van der Waals surface area contributed by atoms with Crippen molar-refractivity contribution < 1.29 is 28.7 Å². The Kier molecular flexibility index (Phi) is 9.70. The molecule has 1 aliphatic carbocycles. The lowest BCUT2D eigenvalue weighted by Gasteiger charge is -2.45. The van der Waals surface area contributed by atoms with Gasteiger partial charge in [0.15, 0.2) is 0 Å². The molecule has 5 amide bonds. The monoisotopic (exact) mass is 705 g/mol. The van der Waals surface area contributed by atoms with Gasteiger partial charge in [0, 0.05) is 78.3 Å². The van der Waals surface area contributed by atoms with E-state index in [0.29, 0.717) is 75.3 Å². The van der Waals surface area contributed by atoms with Crippen LogP contribution >= 0.6 is 0 Å². The van der Waals surface area contributed by atoms with Crippen LogP contribution in [0, 0.1) is 5.92 Å². The van der Waals surface area contributed by atoms with Crippen molar-refractivity contribution in [2.24, 2.45) is 5.92 Å². The van der Waals surface area contributed by atoms with Crippen molar-refractivity contribution in [2.45, 2.75) is 70.3 Å². The van der Waals surface area contributed by atoms with Gasteiger partial charge in [-0.2, -0.15) is 0 Å². The number of carbonyl (C=O) groups excluding carboxylic acids is 5. The molecule has 4 aliphatic heterocycles. The Hall–Kier alpha value is -4.77. The molecule has 2 saturated heterocycles. The van der Waals surface area contributed by atoms with Crippen LogP contribution in [-0.4, -0.2) is 96.7 Å². The van der Waals surface area contributed by atoms with Crippen molar-refractivity contribution in [3.8, 4) is 0 Å². The molecule has 1 unspecified atom stereocenters. The second-order valence-electron chi connectivity index (χ2n) is 14.9. The van der Waals surface area contributed by atoms with E-state index in [0.717, 1.165) is 72.8 Å². The van der Waals surface area contributed by atoms with E-state index in [1.807, 2.05) is 47.4 Å². The third kappa shape index (κ3) is 6.55. The minimum Gasteiger partial charge on any atom is -0.378 e. The molecule has 8 rings (SSSR count). The molecule has 0 aromatic heterocycles. The van der Waals surface area contributed by atoms with Gasteiger partial charge >= 0.3 is 0 Å². The van der Waals surface area contributed by atoms with E-state index in [1.54, 1.807) is 11.0 Å². The largest absolute Gasteiger partial charge is 0.378 e. The zero-order chi connectivity index (χ0) is 35.8. The van der Waals surface area contributed by atoms with Crippen molar-refractivity contribution in [3.63, 3.8) is 0 Å². The van der Waals surface area contributed by atoms with Gasteiger partial charge in [-0.1, -0.05) is 43.9 Å². The first-order valence-corrected chi connectivity index (χ1v) is 19.1. The number of rotatable bonds is 9. The number of morpholine rings is 1. The van der Waals surface area contributed by atoms with Crippen molar-refractivity contribution in [1.82, 2.24) is 14.7 Å². The number of fused-ring (bicyclic) bond motifs is 3. The molecule has 3 aromatic rings. The molecule has 11 heteroatoms. The molecule has 272 valence electrons. The van der Waals surface area contributed by atoms with Crippen molar-refractivity contribution >= 4 is 51.7 Å². The van der Waals surface area contributed by atoms with Gasteiger partial charge in [0.1, 0.15) is 0 Å². The number of carbonyl (C=O) groups is 5. The molecule has 0 radical (unpaired) electrons. The number of nitrogens with one attached hydrogen (secondary N) is 1. The summed E-state index contributed by atoms with van der Waals surface area (Å²) in [5.74, 6) is -0.530. The van der Waals surface area contributed by atoms with Crippen LogP contribution < -0.4 is 10.2 Å². The molecule has 1 N–H and O–H groups in total. The summed E-state index contributed by atoms with van der Waals surface area (Å²) in [4.78, 5) is 74.0. The number of ether oxygens (including phenoxy) is 1. The van der Waals surface area contributed by atoms with E-state index < -0.39 is 0 Å². The Bertz CT molecular complexity index is 1890. The fourth-order valence-electron chi connectivity index (χ4n) is 8.94. The SMILES string of the molecule is O=C(CCCCCN1C(=O)c2cccc3c(N4CCOCC4)ccc(c23)C1=O)Nc1ccc2c(c1)C1CN(C(=O)C3CCCCC3)CC(=O)N1CC2. The lowest BCUT2D eigenvalue weighted by atomic mass is 9.86. The Morgan fingerprint density at radius 3 is 2.44 bits per heavy atom. The van der Waals surface area contributed by atoms with Gasteiger partial charge in [-0.15, -0.1) is 0 Å². The second kappa shape index (κ2) is 14.7. The van der Waals surface area contributed by atoms with Crippen LogP contribution in [0.4, 0.5) is 11.4 Å². The lowest BCUT2D eigenvalue weighted by Crippen LogP contribution is -2.56. The molecule has 52 heavy (non-hydrogen) atoms. The minimum absolute atomic E-state index is 0.00683. The first-order chi connectivity index (χ1) is 25.4. The van der Waals surface area contributed by atoms with Crippen LogP contribution in [0.15, 0.2) is 48.5 Å². The zero-order valence-electron chi connectivity index (χ0n) is 29.7. The molecule has 11 nitrogen and oxygen atoms in total. The summed E-state index contributed by atoms with van der Waals surface area (Å²) in [5, 5.41) is 4.68. The maximum Gasteiger partial charge on any atom is 0.261 e. The van der Waals surface area contributed by atoms with Crippen LogP contribution in [0.2, 0.25) is 0 Å². The lowest BCUT2D eigenvalue weighted by molar-refractivity contribution is -0.152. The Morgan fingerprint density at radius 2 is 1.63 bits per heavy atom. The predicted octanol–water partition coefficient (Wildman–Crippen LogP) is 5.32. The number of imide groups is 1. The van der Waals surface area contributed by atoms with Crippen molar-refractivity contribution in [3.05, 3.63) is 70.8 Å². The van der Waals surface area contributed by atoms with Gasteiger partial charge < -0.3 is 24.8 Å². The predicted molar refractivity (Wildman–Crippen MR) is 197 cm³/mol.